The van der Waals surface area contributed by atoms with Gasteiger partial charge in [-0.1, -0.05) is 108 Å². The Balaban J connectivity index is 1.77. The van der Waals surface area contributed by atoms with E-state index >= 15 is 0 Å². The van der Waals surface area contributed by atoms with Gasteiger partial charge in [0.15, 0.2) is 0 Å². The molecule has 29 heavy (non-hydrogen) atoms. The fourth-order valence-corrected chi connectivity index (χ4v) is 4.18. The van der Waals surface area contributed by atoms with E-state index in [-0.39, 0.29) is 11.8 Å². The third kappa shape index (κ3) is 4.90. The van der Waals surface area contributed by atoms with Gasteiger partial charge in [0.2, 0.25) is 0 Å². The van der Waals surface area contributed by atoms with E-state index < -0.39 is 0 Å². The second-order valence-electron chi connectivity index (χ2n) is 7.27. The summed E-state index contributed by atoms with van der Waals surface area (Å²) in [6.45, 7) is 0. The monoisotopic (exact) mass is 416 g/mol. The van der Waals surface area contributed by atoms with E-state index in [1.54, 1.807) is 0 Å². The SMILES string of the molecule is Clc1ccc(C(CC(c2ccccc2)c2ccc(Cl)cc2)c2ccccc2)cc1. The Labute approximate surface area is 182 Å². The molecule has 0 bridgehead atoms. The van der Waals surface area contributed by atoms with Gasteiger partial charge in [0.05, 0.1) is 0 Å². The molecule has 0 aliphatic carbocycles. The van der Waals surface area contributed by atoms with Gasteiger partial charge in [-0.2, -0.15) is 0 Å². The zero-order valence-electron chi connectivity index (χ0n) is 16.0. The molecule has 0 amide bonds. The molecule has 2 atom stereocenters. The highest BCUT2D eigenvalue weighted by atomic mass is 35.5. The molecule has 0 saturated heterocycles. The highest BCUT2D eigenvalue weighted by Gasteiger charge is 2.22. The Morgan fingerprint density at radius 1 is 0.414 bits per heavy atom. The van der Waals surface area contributed by atoms with Crippen LogP contribution < -0.4 is 0 Å². The van der Waals surface area contributed by atoms with Gasteiger partial charge in [-0.3, -0.25) is 0 Å². The van der Waals surface area contributed by atoms with Crippen LogP contribution in [0.2, 0.25) is 10.0 Å². The number of hydrogen-bond donors (Lipinski definition) is 0. The molecule has 144 valence electrons. The van der Waals surface area contributed by atoms with Crippen molar-refractivity contribution in [2.75, 3.05) is 0 Å². The molecule has 0 nitrogen and oxygen atoms in total. The summed E-state index contributed by atoms with van der Waals surface area (Å²) >= 11 is 12.3. The normalized spacial score (nSPS) is 13.0. The lowest BCUT2D eigenvalue weighted by Gasteiger charge is -2.26. The van der Waals surface area contributed by atoms with Crippen LogP contribution in [0.15, 0.2) is 109 Å². The summed E-state index contributed by atoms with van der Waals surface area (Å²) in [5.74, 6) is 0.517. The molecule has 2 heteroatoms. The average molecular weight is 417 g/mol. The number of hydrogen-bond acceptors (Lipinski definition) is 0. The second kappa shape index (κ2) is 9.31. The first-order chi connectivity index (χ1) is 14.2. The van der Waals surface area contributed by atoms with Crippen LogP contribution in [-0.4, -0.2) is 0 Å². The molecule has 0 N–H and O–H groups in total. The first kappa shape index (κ1) is 19.8. The molecule has 4 aromatic carbocycles. The fraction of sp³-hybridized carbons (Fsp3) is 0.111. The molecule has 0 aromatic heterocycles. The topological polar surface area (TPSA) is 0 Å². The molecule has 0 heterocycles. The summed E-state index contributed by atoms with van der Waals surface area (Å²) < 4.78 is 0. The van der Waals surface area contributed by atoms with Crippen molar-refractivity contribution in [3.05, 3.63) is 141 Å². The summed E-state index contributed by atoms with van der Waals surface area (Å²) in [7, 11) is 0. The molecule has 4 aromatic rings. The average Bonchev–Trinajstić information content (AvgIpc) is 2.77. The Morgan fingerprint density at radius 3 is 1.07 bits per heavy atom. The first-order valence-corrected chi connectivity index (χ1v) is 10.6. The van der Waals surface area contributed by atoms with E-state index in [0.717, 1.165) is 16.5 Å². The molecule has 0 aliphatic heterocycles. The fourth-order valence-electron chi connectivity index (χ4n) is 3.93. The van der Waals surface area contributed by atoms with Gasteiger partial charge < -0.3 is 0 Å². The lowest BCUT2D eigenvalue weighted by Crippen LogP contribution is -2.10. The molecular weight excluding hydrogens is 395 g/mol. The van der Waals surface area contributed by atoms with Gasteiger partial charge >= 0.3 is 0 Å². The van der Waals surface area contributed by atoms with E-state index in [0.29, 0.717) is 0 Å². The van der Waals surface area contributed by atoms with Gasteiger partial charge in [0.1, 0.15) is 0 Å². The summed E-state index contributed by atoms with van der Waals surface area (Å²) in [4.78, 5) is 0. The Bertz CT molecular complexity index is 936. The van der Waals surface area contributed by atoms with E-state index in [4.69, 9.17) is 23.2 Å². The zero-order chi connectivity index (χ0) is 20.1. The van der Waals surface area contributed by atoms with Crippen LogP contribution >= 0.6 is 23.2 Å². The van der Waals surface area contributed by atoms with Crippen molar-refractivity contribution in [2.45, 2.75) is 18.3 Å². The van der Waals surface area contributed by atoms with E-state index in [2.05, 4.69) is 84.9 Å². The van der Waals surface area contributed by atoms with Gasteiger partial charge in [0, 0.05) is 21.9 Å². The van der Waals surface area contributed by atoms with Crippen molar-refractivity contribution in [1.29, 1.82) is 0 Å². The summed E-state index contributed by atoms with van der Waals surface area (Å²) in [5.41, 5.74) is 5.17. The molecular formula is C27H22Cl2. The molecule has 0 fully saturated rings. The molecule has 0 spiro atoms. The molecule has 4 rings (SSSR count). The minimum Gasteiger partial charge on any atom is -0.0843 e. The van der Waals surface area contributed by atoms with Crippen LogP contribution in [0.4, 0.5) is 0 Å². The summed E-state index contributed by atoms with van der Waals surface area (Å²) in [6.07, 6.45) is 0.956. The Hall–Kier alpha value is -2.54. The second-order valence-corrected chi connectivity index (χ2v) is 8.14. The van der Waals surface area contributed by atoms with Crippen LogP contribution in [-0.2, 0) is 0 Å². The van der Waals surface area contributed by atoms with Crippen molar-refractivity contribution in [3.63, 3.8) is 0 Å². The van der Waals surface area contributed by atoms with Crippen LogP contribution in [0.1, 0.15) is 40.5 Å². The maximum absolute atomic E-state index is 6.16. The number of rotatable bonds is 6. The predicted octanol–water partition coefficient (Wildman–Crippen LogP) is 8.35. The third-order valence-electron chi connectivity index (χ3n) is 5.42. The van der Waals surface area contributed by atoms with Gasteiger partial charge in [-0.25, -0.2) is 0 Å². The molecule has 0 aliphatic rings. The Kier molecular flexibility index (Phi) is 6.34. The van der Waals surface area contributed by atoms with Gasteiger partial charge in [-0.05, 0) is 52.9 Å². The standard InChI is InChI=1S/C27H22Cl2/c28-24-15-11-22(12-16-24)26(20-7-3-1-4-8-20)19-27(21-9-5-2-6-10-21)23-13-17-25(29)18-14-23/h1-18,26-27H,19H2. The van der Waals surface area contributed by atoms with Gasteiger partial charge in [-0.15, -0.1) is 0 Å². The van der Waals surface area contributed by atoms with Crippen LogP contribution in [0, 0.1) is 0 Å². The van der Waals surface area contributed by atoms with Crippen LogP contribution in [0.5, 0.6) is 0 Å². The predicted molar refractivity (Wildman–Crippen MR) is 124 cm³/mol. The maximum atomic E-state index is 6.16. The smallest absolute Gasteiger partial charge is 0.0406 e. The van der Waals surface area contributed by atoms with Crippen molar-refractivity contribution >= 4 is 23.2 Å². The van der Waals surface area contributed by atoms with E-state index in [1.165, 1.54) is 22.3 Å². The lowest BCUT2D eigenvalue weighted by molar-refractivity contribution is 0.644. The lowest BCUT2D eigenvalue weighted by atomic mass is 9.78. The van der Waals surface area contributed by atoms with Crippen molar-refractivity contribution in [2.24, 2.45) is 0 Å². The summed E-state index contributed by atoms with van der Waals surface area (Å²) in [5, 5.41) is 1.52. The highest BCUT2D eigenvalue weighted by molar-refractivity contribution is 6.30. The largest absolute Gasteiger partial charge is 0.0843 e. The zero-order valence-corrected chi connectivity index (χ0v) is 17.5. The molecule has 2 unspecified atom stereocenters. The maximum Gasteiger partial charge on any atom is 0.0406 e. The first-order valence-electron chi connectivity index (χ1n) is 9.81. The van der Waals surface area contributed by atoms with E-state index in [1.807, 2.05) is 24.3 Å². The van der Waals surface area contributed by atoms with Crippen molar-refractivity contribution in [1.82, 2.24) is 0 Å². The molecule has 0 radical (unpaired) electrons. The minimum atomic E-state index is 0.259. The third-order valence-corrected chi connectivity index (χ3v) is 5.92. The van der Waals surface area contributed by atoms with Crippen molar-refractivity contribution < 1.29 is 0 Å². The molecule has 0 saturated carbocycles. The summed E-state index contributed by atoms with van der Waals surface area (Å²) in [6, 6.07) is 37.9. The van der Waals surface area contributed by atoms with Crippen LogP contribution in [0.25, 0.3) is 0 Å². The van der Waals surface area contributed by atoms with Crippen LogP contribution in [0.3, 0.4) is 0 Å². The number of halogens is 2. The minimum absolute atomic E-state index is 0.259. The van der Waals surface area contributed by atoms with E-state index in [9.17, 15) is 0 Å². The highest BCUT2D eigenvalue weighted by Crippen LogP contribution is 2.39. The van der Waals surface area contributed by atoms with Crippen molar-refractivity contribution in [3.8, 4) is 0 Å². The number of benzene rings is 4. The quantitative estimate of drug-likeness (QED) is 0.296. The van der Waals surface area contributed by atoms with Gasteiger partial charge in [0.25, 0.3) is 0 Å². The Morgan fingerprint density at radius 2 is 0.724 bits per heavy atom.